The number of fused-ring (bicyclic) bond motifs is 1. The van der Waals surface area contributed by atoms with Crippen LogP contribution in [0.4, 0.5) is 17.5 Å². The van der Waals surface area contributed by atoms with E-state index in [2.05, 4.69) is 35.5 Å². The van der Waals surface area contributed by atoms with Crippen molar-refractivity contribution < 1.29 is 4.79 Å². The molecule has 3 N–H and O–H groups in total. The number of nitrogens with zero attached hydrogens (tertiary/aromatic N) is 5. The summed E-state index contributed by atoms with van der Waals surface area (Å²) < 4.78 is 0. The number of nitrogens with one attached hydrogen (secondary N) is 3. The molecule has 9 nitrogen and oxygen atoms in total. The molecule has 140 valence electrons. The lowest BCUT2D eigenvalue weighted by molar-refractivity contribution is 0.0823. The van der Waals surface area contributed by atoms with Crippen LogP contribution in [0, 0.1) is 0 Å². The van der Waals surface area contributed by atoms with E-state index >= 15 is 0 Å². The van der Waals surface area contributed by atoms with Gasteiger partial charge in [0.2, 0.25) is 5.95 Å². The number of pyridine rings is 1. The summed E-state index contributed by atoms with van der Waals surface area (Å²) in [7, 11) is 3.42. The largest absolute Gasteiger partial charge is 0.368 e. The lowest BCUT2D eigenvalue weighted by Crippen LogP contribution is -2.43. The van der Waals surface area contributed by atoms with Gasteiger partial charge in [-0.2, -0.15) is 0 Å². The number of H-pyrrole nitrogens is 1. The second-order valence-corrected chi connectivity index (χ2v) is 6.64. The zero-order chi connectivity index (χ0) is 18.8. The van der Waals surface area contributed by atoms with Crippen LogP contribution in [0.3, 0.4) is 0 Å². The number of aromatic nitrogens is 4. The maximum absolute atomic E-state index is 12.1. The van der Waals surface area contributed by atoms with Crippen LogP contribution in [0.25, 0.3) is 11.0 Å². The van der Waals surface area contributed by atoms with E-state index in [4.69, 9.17) is 0 Å². The maximum atomic E-state index is 12.1. The summed E-state index contributed by atoms with van der Waals surface area (Å²) >= 11 is 0. The van der Waals surface area contributed by atoms with Gasteiger partial charge in [0, 0.05) is 40.3 Å². The lowest BCUT2D eigenvalue weighted by atomic mass is 10.3. The van der Waals surface area contributed by atoms with E-state index < -0.39 is 0 Å². The van der Waals surface area contributed by atoms with Gasteiger partial charge >= 0.3 is 0 Å². The molecule has 0 saturated carbocycles. The number of aromatic amines is 1. The van der Waals surface area contributed by atoms with Crippen molar-refractivity contribution in [2.24, 2.45) is 0 Å². The summed E-state index contributed by atoms with van der Waals surface area (Å²) in [6.07, 6.45) is 3.52. The fraction of sp³-hybridized carbons (Fsp3) is 0.333. The molecule has 0 bridgehead atoms. The molecule has 0 spiro atoms. The van der Waals surface area contributed by atoms with Crippen LogP contribution < -0.4 is 15.5 Å². The van der Waals surface area contributed by atoms with Gasteiger partial charge in [0.15, 0.2) is 0 Å². The Labute approximate surface area is 156 Å². The van der Waals surface area contributed by atoms with E-state index in [9.17, 15) is 4.79 Å². The third kappa shape index (κ3) is 3.68. The van der Waals surface area contributed by atoms with Gasteiger partial charge < -0.3 is 25.4 Å². The van der Waals surface area contributed by atoms with Crippen LogP contribution in [0.15, 0.2) is 30.6 Å². The Bertz CT molecular complexity index is 944. The molecule has 1 amide bonds. The van der Waals surface area contributed by atoms with Gasteiger partial charge in [-0.25, -0.2) is 15.0 Å². The van der Waals surface area contributed by atoms with E-state index in [-0.39, 0.29) is 5.91 Å². The molecule has 1 saturated heterocycles. The SMILES string of the molecule is CN(C)C(=O)c1cc2nc(Nc3ccc(N4CCNCC4)cn3)ncc2[nH]1. The van der Waals surface area contributed by atoms with Crippen molar-refractivity contribution in [1.82, 2.24) is 30.2 Å². The molecule has 4 rings (SSSR count). The number of piperazine rings is 1. The highest BCUT2D eigenvalue weighted by molar-refractivity contribution is 5.96. The van der Waals surface area contributed by atoms with Crippen LogP contribution in [-0.2, 0) is 0 Å². The summed E-state index contributed by atoms with van der Waals surface area (Å²) in [5, 5.41) is 6.45. The third-order valence-corrected chi connectivity index (χ3v) is 4.48. The van der Waals surface area contributed by atoms with E-state index in [0.29, 0.717) is 28.5 Å². The average molecular weight is 366 g/mol. The van der Waals surface area contributed by atoms with E-state index in [1.54, 1.807) is 26.4 Å². The highest BCUT2D eigenvalue weighted by Gasteiger charge is 2.13. The minimum atomic E-state index is -0.104. The molecule has 0 unspecified atom stereocenters. The summed E-state index contributed by atoms with van der Waals surface area (Å²) in [5.41, 5.74) is 2.98. The van der Waals surface area contributed by atoms with Gasteiger partial charge in [-0.15, -0.1) is 0 Å². The van der Waals surface area contributed by atoms with E-state index in [1.807, 2.05) is 18.3 Å². The van der Waals surface area contributed by atoms with Gasteiger partial charge in [0.05, 0.1) is 29.1 Å². The van der Waals surface area contributed by atoms with Crippen LogP contribution in [0.1, 0.15) is 10.5 Å². The van der Waals surface area contributed by atoms with Gasteiger partial charge in [0.1, 0.15) is 11.5 Å². The smallest absolute Gasteiger partial charge is 0.269 e. The summed E-state index contributed by atoms with van der Waals surface area (Å²) in [5.74, 6) is 1.01. The third-order valence-electron chi connectivity index (χ3n) is 4.48. The van der Waals surface area contributed by atoms with E-state index in [1.165, 1.54) is 4.90 Å². The molecular formula is C18H22N8O. The van der Waals surface area contributed by atoms with Gasteiger partial charge in [0.25, 0.3) is 5.91 Å². The Morgan fingerprint density at radius 3 is 2.70 bits per heavy atom. The Kier molecular flexibility index (Phi) is 4.59. The first-order chi connectivity index (χ1) is 13.1. The fourth-order valence-corrected chi connectivity index (χ4v) is 3.02. The molecule has 1 aliphatic heterocycles. The van der Waals surface area contributed by atoms with E-state index in [0.717, 1.165) is 31.9 Å². The Morgan fingerprint density at radius 1 is 1.19 bits per heavy atom. The second kappa shape index (κ2) is 7.20. The van der Waals surface area contributed by atoms with Gasteiger partial charge in [-0.3, -0.25) is 4.79 Å². The normalized spacial score (nSPS) is 14.4. The van der Waals surface area contributed by atoms with Gasteiger partial charge in [-0.1, -0.05) is 0 Å². The molecule has 3 aromatic heterocycles. The van der Waals surface area contributed by atoms with Crippen LogP contribution in [0.5, 0.6) is 0 Å². The first-order valence-corrected chi connectivity index (χ1v) is 8.86. The Balaban J connectivity index is 1.50. The summed E-state index contributed by atoms with van der Waals surface area (Å²) in [6, 6.07) is 5.69. The molecule has 0 radical (unpaired) electrons. The summed E-state index contributed by atoms with van der Waals surface area (Å²) in [6.45, 7) is 3.94. The van der Waals surface area contributed by atoms with Crippen molar-refractivity contribution >= 4 is 34.4 Å². The van der Waals surface area contributed by atoms with Crippen LogP contribution >= 0.6 is 0 Å². The van der Waals surface area contributed by atoms with Crippen molar-refractivity contribution in [3.8, 4) is 0 Å². The lowest BCUT2D eigenvalue weighted by Gasteiger charge is -2.29. The minimum absolute atomic E-state index is 0.104. The summed E-state index contributed by atoms with van der Waals surface area (Å²) in [4.78, 5) is 32.1. The minimum Gasteiger partial charge on any atom is -0.368 e. The number of rotatable bonds is 4. The average Bonchev–Trinajstić information content (AvgIpc) is 3.12. The number of hydrogen-bond donors (Lipinski definition) is 3. The molecule has 1 fully saturated rings. The van der Waals surface area contributed by atoms with Crippen molar-refractivity contribution in [2.75, 3.05) is 50.5 Å². The van der Waals surface area contributed by atoms with Gasteiger partial charge in [-0.05, 0) is 18.2 Å². The zero-order valence-electron chi connectivity index (χ0n) is 15.4. The highest BCUT2D eigenvalue weighted by Crippen LogP contribution is 2.19. The number of hydrogen-bond acceptors (Lipinski definition) is 7. The second-order valence-electron chi connectivity index (χ2n) is 6.64. The molecule has 3 aromatic rings. The molecule has 0 aliphatic carbocycles. The Morgan fingerprint density at radius 2 is 2.00 bits per heavy atom. The quantitative estimate of drug-likeness (QED) is 0.638. The van der Waals surface area contributed by atoms with Crippen LogP contribution in [0.2, 0.25) is 0 Å². The highest BCUT2D eigenvalue weighted by atomic mass is 16.2. The van der Waals surface area contributed by atoms with Crippen molar-refractivity contribution in [1.29, 1.82) is 0 Å². The number of amides is 1. The topological polar surface area (TPSA) is 102 Å². The standard InChI is InChI=1S/C18H22N8O/c1-25(2)17(27)14-9-13-15(22-14)11-21-18(23-13)24-16-4-3-12(10-20-16)26-7-5-19-6-8-26/h3-4,9-11,19,22H,5-8H2,1-2H3,(H,20,21,23,24). The number of carbonyl (C=O) groups is 1. The monoisotopic (exact) mass is 366 g/mol. The molecule has 4 heterocycles. The fourth-order valence-electron chi connectivity index (χ4n) is 3.02. The molecule has 0 atom stereocenters. The van der Waals surface area contributed by atoms with Crippen molar-refractivity contribution in [3.63, 3.8) is 0 Å². The zero-order valence-corrected chi connectivity index (χ0v) is 15.4. The first-order valence-electron chi connectivity index (χ1n) is 8.86. The molecule has 1 aliphatic rings. The Hall–Kier alpha value is -3.20. The molecule has 9 heteroatoms. The van der Waals surface area contributed by atoms with Crippen molar-refractivity contribution in [3.05, 3.63) is 36.3 Å². The first kappa shape index (κ1) is 17.2. The van der Waals surface area contributed by atoms with Crippen LogP contribution in [-0.4, -0.2) is 71.0 Å². The molecule has 27 heavy (non-hydrogen) atoms. The predicted molar refractivity (Wildman–Crippen MR) is 105 cm³/mol. The van der Waals surface area contributed by atoms with Crippen molar-refractivity contribution in [2.45, 2.75) is 0 Å². The number of carbonyl (C=O) groups excluding carboxylic acids is 1. The molecule has 0 aromatic carbocycles. The molecular weight excluding hydrogens is 344 g/mol. The number of anilines is 3. The maximum Gasteiger partial charge on any atom is 0.269 e. The predicted octanol–water partition coefficient (Wildman–Crippen LogP) is 1.21.